The molecule has 0 atom stereocenters. The van der Waals surface area contributed by atoms with Gasteiger partial charge in [-0.25, -0.2) is 0 Å². The fourth-order valence-corrected chi connectivity index (χ4v) is 0.626. The van der Waals surface area contributed by atoms with Gasteiger partial charge in [0.2, 0.25) is 0 Å². The van der Waals surface area contributed by atoms with Gasteiger partial charge in [0.25, 0.3) is 0 Å². The first-order valence-electron chi connectivity index (χ1n) is 2.60. The predicted molar refractivity (Wildman–Crippen MR) is 33.6 cm³/mol. The molecule has 0 unspecified atom stereocenters. The van der Waals surface area contributed by atoms with Crippen molar-refractivity contribution in [1.82, 2.24) is 0 Å². The van der Waals surface area contributed by atoms with Crippen molar-refractivity contribution in [2.45, 2.75) is 6.42 Å². The van der Waals surface area contributed by atoms with Gasteiger partial charge >= 0.3 is 0 Å². The summed E-state index contributed by atoms with van der Waals surface area (Å²) in [6.07, 6.45) is 9.76. The summed E-state index contributed by atoms with van der Waals surface area (Å²) < 4.78 is 0. The summed E-state index contributed by atoms with van der Waals surface area (Å²) in [4.78, 5) is 0. The van der Waals surface area contributed by atoms with Crippen LogP contribution in [0.1, 0.15) is 6.42 Å². The topological polar surface area (TPSA) is 20.2 Å². The van der Waals surface area contributed by atoms with E-state index in [-0.39, 0.29) is 0 Å². The Morgan fingerprint density at radius 1 is 1.50 bits per heavy atom. The van der Waals surface area contributed by atoms with E-state index >= 15 is 0 Å². The van der Waals surface area contributed by atoms with Gasteiger partial charge in [0.1, 0.15) is 0 Å². The van der Waals surface area contributed by atoms with Gasteiger partial charge in [-0.1, -0.05) is 24.3 Å². The third-order valence-corrected chi connectivity index (χ3v) is 1.08. The third-order valence-electron chi connectivity index (χ3n) is 1.08. The van der Waals surface area contributed by atoms with Crippen molar-refractivity contribution in [3.05, 3.63) is 36.1 Å². The minimum absolute atomic E-state index is 0.854. The zero-order valence-electron chi connectivity index (χ0n) is 4.54. The molecule has 0 radical (unpaired) electrons. The molecule has 0 aromatic carbocycles. The van der Waals surface area contributed by atoms with Crippen LogP contribution in [0.5, 0.6) is 0 Å². The van der Waals surface area contributed by atoms with Gasteiger partial charge in [0, 0.05) is 0 Å². The van der Waals surface area contributed by atoms with Gasteiger partial charge in [0.05, 0.1) is 6.26 Å². The van der Waals surface area contributed by atoms with Crippen LogP contribution in [0.3, 0.4) is 0 Å². The second-order valence-electron chi connectivity index (χ2n) is 1.70. The van der Waals surface area contributed by atoms with Crippen LogP contribution in [0.15, 0.2) is 36.1 Å². The SMILES string of the molecule is O/C=C1/C=CC=CC1. The van der Waals surface area contributed by atoms with E-state index in [0.29, 0.717) is 0 Å². The first-order chi connectivity index (χ1) is 3.93. The maximum absolute atomic E-state index is 8.44. The Hall–Kier alpha value is -0.980. The monoisotopic (exact) mass is 108 g/mol. The highest BCUT2D eigenvalue weighted by Gasteiger charge is 1.89. The lowest BCUT2D eigenvalue weighted by atomic mass is 10.1. The molecule has 1 N–H and O–H groups in total. The van der Waals surface area contributed by atoms with Gasteiger partial charge < -0.3 is 5.11 Å². The highest BCUT2D eigenvalue weighted by Crippen LogP contribution is 2.07. The van der Waals surface area contributed by atoms with Crippen LogP contribution in [-0.4, -0.2) is 5.11 Å². The predicted octanol–water partition coefficient (Wildman–Crippen LogP) is 1.94. The van der Waals surface area contributed by atoms with Gasteiger partial charge in [-0.2, -0.15) is 0 Å². The molecule has 1 rings (SSSR count). The molecule has 0 aromatic heterocycles. The molecule has 0 saturated heterocycles. The normalized spacial score (nSPS) is 22.2. The van der Waals surface area contributed by atoms with E-state index in [2.05, 4.69) is 0 Å². The van der Waals surface area contributed by atoms with Crippen LogP contribution in [0.2, 0.25) is 0 Å². The molecule has 0 saturated carbocycles. The molecule has 42 valence electrons. The van der Waals surface area contributed by atoms with E-state index in [1.165, 1.54) is 0 Å². The zero-order chi connectivity index (χ0) is 5.82. The van der Waals surface area contributed by atoms with Crippen LogP contribution in [-0.2, 0) is 0 Å². The van der Waals surface area contributed by atoms with E-state index in [4.69, 9.17) is 5.11 Å². The van der Waals surface area contributed by atoms with E-state index in [9.17, 15) is 0 Å². The highest BCUT2D eigenvalue weighted by molar-refractivity contribution is 5.27. The van der Waals surface area contributed by atoms with Crippen molar-refractivity contribution < 1.29 is 5.11 Å². The Labute approximate surface area is 48.6 Å². The minimum Gasteiger partial charge on any atom is -0.515 e. The lowest BCUT2D eigenvalue weighted by Crippen LogP contribution is -1.78. The average Bonchev–Trinajstić information content (AvgIpc) is 1.90. The van der Waals surface area contributed by atoms with Crippen molar-refractivity contribution in [2.75, 3.05) is 0 Å². The van der Waals surface area contributed by atoms with Crippen LogP contribution in [0.4, 0.5) is 0 Å². The highest BCUT2D eigenvalue weighted by atomic mass is 16.2. The summed E-state index contributed by atoms with van der Waals surface area (Å²) in [5.74, 6) is 0. The molecule has 8 heavy (non-hydrogen) atoms. The first-order valence-corrected chi connectivity index (χ1v) is 2.60. The van der Waals surface area contributed by atoms with Gasteiger partial charge in [-0.05, 0) is 12.0 Å². The smallest absolute Gasteiger partial charge is 0.0826 e. The van der Waals surface area contributed by atoms with Crippen molar-refractivity contribution in [2.24, 2.45) is 0 Å². The Morgan fingerprint density at radius 3 is 2.75 bits per heavy atom. The lowest BCUT2D eigenvalue weighted by molar-refractivity contribution is 0.468. The second kappa shape index (κ2) is 2.36. The minimum atomic E-state index is 0.854. The molecule has 0 spiro atoms. The van der Waals surface area contributed by atoms with Gasteiger partial charge in [-0.15, -0.1) is 0 Å². The van der Waals surface area contributed by atoms with Crippen LogP contribution in [0, 0.1) is 0 Å². The Balaban J connectivity index is 2.66. The van der Waals surface area contributed by atoms with Gasteiger partial charge in [0.15, 0.2) is 0 Å². The quantitative estimate of drug-likeness (QED) is 0.470. The van der Waals surface area contributed by atoms with E-state index < -0.39 is 0 Å². The van der Waals surface area contributed by atoms with Crippen LogP contribution in [0.25, 0.3) is 0 Å². The second-order valence-corrected chi connectivity index (χ2v) is 1.70. The molecule has 1 aliphatic rings. The number of hydrogen-bond acceptors (Lipinski definition) is 1. The number of aliphatic hydroxyl groups is 1. The molecule has 0 heterocycles. The standard InChI is InChI=1S/C7H8O/c8-6-7-4-2-1-3-5-7/h1-4,6,8H,5H2/b7-6-. The molecule has 0 aromatic rings. The number of hydrogen-bond donors (Lipinski definition) is 1. The van der Waals surface area contributed by atoms with Crippen LogP contribution < -0.4 is 0 Å². The fraction of sp³-hybridized carbons (Fsp3) is 0.143. The Kier molecular flexibility index (Phi) is 1.52. The molecule has 0 amide bonds. The maximum atomic E-state index is 8.44. The molecule has 1 heteroatoms. The Morgan fingerprint density at radius 2 is 2.38 bits per heavy atom. The molecule has 1 aliphatic carbocycles. The average molecular weight is 108 g/mol. The maximum Gasteiger partial charge on any atom is 0.0826 e. The Bertz CT molecular complexity index is 152. The van der Waals surface area contributed by atoms with Crippen molar-refractivity contribution in [3.63, 3.8) is 0 Å². The third kappa shape index (κ3) is 0.997. The van der Waals surface area contributed by atoms with Crippen molar-refractivity contribution in [1.29, 1.82) is 0 Å². The number of allylic oxidation sites excluding steroid dienone is 5. The largest absolute Gasteiger partial charge is 0.515 e. The molecule has 0 bridgehead atoms. The van der Waals surface area contributed by atoms with Crippen molar-refractivity contribution in [3.8, 4) is 0 Å². The lowest BCUT2D eigenvalue weighted by Gasteiger charge is -1.96. The number of rotatable bonds is 0. The molecular weight excluding hydrogens is 100 g/mol. The number of aliphatic hydroxyl groups excluding tert-OH is 1. The van der Waals surface area contributed by atoms with Crippen molar-refractivity contribution >= 4 is 0 Å². The van der Waals surface area contributed by atoms with Gasteiger partial charge in [-0.3, -0.25) is 0 Å². The first kappa shape index (κ1) is 5.16. The summed E-state index contributed by atoms with van der Waals surface area (Å²) in [5.41, 5.74) is 0.965. The van der Waals surface area contributed by atoms with E-state index in [1.54, 1.807) is 0 Å². The molecule has 1 nitrogen and oxygen atoms in total. The summed E-state index contributed by atoms with van der Waals surface area (Å²) in [6, 6.07) is 0. The molecular formula is C7H8O. The van der Waals surface area contributed by atoms with Crippen LogP contribution >= 0.6 is 0 Å². The van der Waals surface area contributed by atoms with E-state index in [1.807, 2.05) is 24.3 Å². The summed E-state index contributed by atoms with van der Waals surface area (Å²) in [6.45, 7) is 0. The molecule has 0 fully saturated rings. The summed E-state index contributed by atoms with van der Waals surface area (Å²) in [7, 11) is 0. The summed E-state index contributed by atoms with van der Waals surface area (Å²) in [5, 5.41) is 8.44. The fourth-order valence-electron chi connectivity index (χ4n) is 0.626. The summed E-state index contributed by atoms with van der Waals surface area (Å²) >= 11 is 0. The molecule has 0 aliphatic heterocycles. The zero-order valence-corrected chi connectivity index (χ0v) is 4.54. The van der Waals surface area contributed by atoms with E-state index in [0.717, 1.165) is 18.3 Å².